The Morgan fingerprint density at radius 3 is 2.32 bits per heavy atom. The lowest BCUT2D eigenvalue weighted by Gasteiger charge is -2.31. The molecule has 0 bridgehead atoms. The van der Waals surface area contributed by atoms with Gasteiger partial charge in [0.2, 0.25) is 11.8 Å². The molecule has 0 saturated heterocycles. The van der Waals surface area contributed by atoms with E-state index in [4.69, 9.17) is 11.6 Å². The summed E-state index contributed by atoms with van der Waals surface area (Å²) >= 11 is 5.95. The molecule has 2 aromatic rings. The molecule has 0 radical (unpaired) electrons. The van der Waals surface area contributed by atoms with Crippen molar-refractivity contribution in [3.05, 3.63) is 70.2 Å². The number of hydrogen-bond donors (Lipinski definition) is 1. The molecule has 0 heterocycles. The number of aryl methyl sites for hydroxylation is 1. The summed E-state index contributed by atoms with van der Waals surface area (Å²) in [6.45, 7) is 8.20. The van der Waals surface area contributed by atoms with Gasteiger partial charge in [-0.3, -0.25) is 9.59 Å². The molecule has 4 nitrogen and oxygen atoms in total. The lowest BCUT2D eigenvalue weighted by Crippen LogP contribution is -2.50. The molecule has 2 rings (SSSR count). The Bertz CT molecular complexity index is 803. The van der Waals surface area contributed by atoms with Gasteiger partial charge < -0.3 is 10.2 Å². The topological polar surface area (TPSA) is 49.4 Å². The van der Waals surface area contributed by atoms with Crippen molar-refractivity contribution < 1.29 is 9.59 Å². The molecule has 0 spiro atoms. The maximum Gasteiger partial charge on any atom is 0.243 e. The average Bonchev–Trinajstić information content (AvgIpc) is 2.63. The zero-order valence-corrected chi connectivity index (χ0v) is 17.8. The third-order valence-electron chi connectivity index (χ3n) is 4.52. The van der Waals surface area contributed by atoms with Crippen LogP contribution in [0.15, 0.2) is 48.5 Å². The van der Waals surface area contributed by atoms with Crippen LogP contribution in [0.25, 0.3) is 0 Å². The van der Waals surface area contributed by atoms with Gasteiger partial charge >= 0.3 is 0 Å². The van der Waals surface area contributed by atoms with E-state index in [9.17, 15) is 9.59 Å². The highest BCUT2D eigenvalue weighted by molar-refractivity contribution is 6.30. The fourth-order valence-corrected chi connectivity index (χ4v) is 3.31. The number of benzene rings is 2. The molecule has 0 fully saturated rings. The molecule has 1 atom stereocenters. The smallest absolute Gasteiger partial charge is 0.243 e. The molecule has 150 valence electrons. The highest BCUT2D eigenvalue weighted by atomic mass is 35.5. The first kappa shape index (κ1) is 22.0. The summed E-state index contributed by atoms with van der Waals surface area (Å²) in [6, 6.07) is 14.8. The molecule has 0 aliphatic carbocycles. The molecule has 28 heavy (non-hydrogen) atoms. The van der Waals surface area contributed by atoms with Crippen LogP contribution in [0.3, 0.4) is 0 Å². The second-order valence-corrected chi connectivity index (χ2v) is 7.84. The summed E-state index contributed by atoms with van der Waals surface area (Å²) in [5, 5.41) is 3.58. The first-order valence-electron chi connectivity index (χ1n) is 9.70. The molecule has 2 amide bonds. The van der Waals surface area contributed by atoms with E-state index >= 15 is 0 Å². The molecule has 0 saturated carbocycles. The maximum absolute atomic E-state index is 13.2. The van der Waals surface area contributed by atoms with Crippen LogP contribution in [0.1, 0.15) is 43.9 Å². The van der Waals surface area contributed by atoms with E-state index in [1.54, 1.807) is 17.0 Å². The Hall–Kier alpha value is -2.33. The molecule has 2 aromatic carbocycles. The SMILES string of the molecule is CCC(C(=O)NC(C)C)N(Cc1cccc(C)c1)C(=O)Cc1ccc(Cl)cc1. The van der Waals surface area contributed by atoms with Crippen molar-refractivity contribution in [2.75, 3.05) is 0 Å². The van der Waals surface area contributed by atoms with E-state index < -0.39 is 6.04 Å². The Balaban J connectivity index is 2.28. The zero-order chi connectivity index (χ0) is 20.7. The van der Waals surface area contributed by atoms with Gasteiger partial charge in [0.1, 0.15) is 6.04 Å². The van der Waals surface area contributed by atoms with E-state index in [0.717, 1.165) is 16.7 Å². The number of amides is 2. The number of nitrogens with one attached hydrogen (secondary N) is 1. The monoisotopic (exact) mass is 400 g/mol. The van der Waals surface area contributed by atoms with Gasteiger partial charge in [-0.1, -0.05) is 60.5 Å². The third-order valence-corrected chi connectivity index (χ3v) is 4.77. The van der Waals surface area contributed by atoms with Crippen LogP contribution in [-0.2, 0) is 22.6 Å². The van der Waals surface area contributed by atoms with Gasteiger partial charge in [-0.05, 0) is 50.5 Å². The normalized spacial score (nSPS) is 11.9. The van der Waals surface area contributed by atoms with Gasteiger partial charge in [0.05, 0.1) is 6.42 Å². The van der Waals surface area contributed by atoms with Crippen LogP contribution in [0, 0.1) is 6.92 Å². The highest BCUT2D eigenvalue weighted by Crippen LogP contribution is 2.17. The molecule has 0 aliphatic rings. The van der Waals surface area contributed by atoms with Crippen molar-refractivity contribution in [3.8, 4) is 0 Å². The summed E-state index contributed by atoms with van der Waals surface area (Å²) in [6.07, 6.45) is 0.783. The second kappa shape index (κ2) is 10.3. The predicted octanol–water partition coefficient (Wildman–Crippen LogP) is 4.52. The second-order valence-electron chi connectivity index (χ2n) is 7.40. The van der Waals surface area contributed by atoms with E-state index in [0.29, 0.717) is 18.0 Å². The van der Waals surface area contributed by atoms with Gasteiger partial charge in [-0.25, -0.2) is 0 Å². The summed E-state index contributed by atoms with van der Waals surface area (Å²) in [4.78, 5) is 27.6. The lowest BCUT2D eigenvalue weighted by molar-refractivity contribution is -0.141. The first-order valence-corrected chi connectivity index (χ1v) is 10.1. The van der Waals surface area contributed by atoms with Crippen LogP contribution < -0.4 is 5.32 Å². The zero-order valence-electron chi connectivity index (χ0n) is 17.0. The Morgan fingerprint density at radius 1 is 1.07 bits per heavy atom. The number of nitrogens with zero attached hydrogens (tertiary/aromatic N) is 1. The number of halogens is 1. The van der Waals surface area contributed by atoms with Crippen LogP contribution >= 0.6 is 11.6 Å². The maximum atomic E-state index is 13.2. The Labute approximate surface area is 172 Å². The fraction of sp³-hybridized carbons (Fsp3) is 0.391. The third kappa shape index (κ3) is 6.38. The predicted molar refractivity (Wildman–Crippen MR) is 114 cm³/mol. The lowest BCUT2D eigenvalue weighted by atomic mass is 10.1. The summed E-state index contributed by atoms with van der Waals surface area (Å²) < 4.78 is 0. The number of hydrogen-bond acceptors (Lipinski definition) is 2. The van der Waals surface area contributed by atoms with Crippen molar-refractivity contribution in [2.45, 2.75) is 59.2 Å². The van der Waals surface area contributed by atoms with Gasteiger partial charge in [-0.15, -0.1) is 0 Å². The molecular weight excluding hydrogens is 372 g/mol. The minimum Gasteiger partial charge on any atom is -0.352 e. The quantitative estimate of drug-likeness (QED) is 0.708. The van der Waals surface area contributed by atoms with Crippen molar-refractivity contribution in [1.29, 1.82) is 0 Å². The number of carbonyl (C=O) groups excluding carboxylic acids is 2. The standard InChI is InChI=1S/C23H29ClN2O2/c1-5-21(23(28)25-16(2)3)26(15-19-8-6-7-17(4)13-19)22(27)14-18-9-11-20(24)12-10-18/h6-13,16,21H,5,14-15H2,1-4H3,(H,25,28). The van der Waals surface area contributed by atoms with Gasteiger partial charge in [-0.2, -0.15) is 0 Å². The van der Waals surface area contributed by atoms with Gasteiger partial charge in [0.15, 0.2) is 0 Å². The van der Waals surface area contributed by atoms with Gasteiger partial charge in [0, 0.05) is 17.6 Å². The highest BCUT2D eigenvalue weighted by Gasteiger charge is 2.28. The Morgan fingerprint density at radius 2 is 1.75 bits per heavy atom. The van der Waals surface area contributed by atoms with Crippen molar-refractivity contribution >= 4 is 23.4 Å². The Kier molecular flexibility index (Phi) is 8.06. The number of carbonyl (C=O) groups is 2. The molecule has 5 heteroatoms. The summed E-state index contributed by atoms with van der Waals surface area (Å²) in [5.41, 5.74) is 3.02. The number of rotatable bonds is 8. The molecule has 1 N–H and O–H groups in total. The summed E-state index contributed by atoms with van der Waals surface area (Å²) in [5.74, 6) is -0.191. The fourth-order valence-electron chi connectivity index (χ4n) is 3.19. The molecule has 0 aliphatic heterocycles. The van der Waals surface area contributed by atoms with Crippen LogP contribution in [0.4, 0.5) is 0 Å². The largest absolute Gasteiger partial charge is 0.352 e. The minimum atomic E-state index is -0.511. The van der Waals surface area contributed by atoms with Crippen molar-refractivity contribution in [3.63, 3.8) is 0 Å². The van der Waals surface area contributed by atoms with E-state index in [1.807, 2.05) is 58.0 Å². The van der Waals surface area contributed by atoms with Crippen LogP contribution in [0.5, 0.6) is 0 Å². The van der Waals surface area contributed by atoms with E-state index in [1.165, 1.54) is 0 Å². The summed E-state index contributed by atoms with van der Waals surface area (Å²) in [7, 11) is 0. The minimum absolute atomic E-state index is 0.0220. The molecule has 1 unspecified atom stereocenters. The van der Waals surface area contributed by atoms with Crippen LogP contribution in [0.2, 0.25) is 5.02 Å². The van der Waals surface area contributed by atoms with E-state index in [2.05, 4.69) is 11.4 Å². The van der Waals surface area contributed by atoms with Gasteiger partial charge in [0.25, 0.3) is 0 Å². The van der Waals surface area contributed by atoms with Crippen molar-refractivity contribution in [2.24, 2.45) is 0 Å². The van der Waals surface area contributed by atoms with E-state index in [-0.39, 0.29) is 24.3 Å². The first-order chi connectivity index (χ1) is 13.3. The molecule has 0 aromatic heterocycles. The molecular formula is C23H29ClN2O2. The van der Waals surface area contributed by atoms with Crippen LogP contribution in [-0.4, -0.2) is 28.8 Å². The average molecular weight is 401 g/mol. The van der Waals surface area contributed by atoms with Crippen molar-refractivity contribution in [1.82, 2.24) is 10.2 Å².